The quantitative estimate of drug-likeness (QED) is 0.418. The minimum atomic E-state index is -0.951. The molecule has 36 valence electrons. The molecule has 1 aliphatic heterocycles. The summed E-state index contributed by atoms with van der Waals surface area (Å²) in [5, 5.41) is 0. The van der Waals surface area contributed by atoms with Gasteiger partial charge in [-0.1, -0.05) is 0 Å². The molecule has 0 unspecified atom stereocenters. The molecule has 0 amide bonds. The molecule has 1 nitrogen and oxygen atoms in total. The van der Waals surface area contributed by atoms with Gasteiger partial charge >= 0.3 is 0 Å². The van der Waals surface area contributed by atoms with Crippen LogP contribution in [-0.4, -0.2) is 14.9 Å². The summed E-state index contributed by atoms with van der Waals surface area (Å²) in [6.07, 6.45) is 0. The fraction of sp³-hybridized carbons (Fsp3) is 1.00. The highest BCUT2D eigenvalue weighted by Crippen LogP contribution is 2.20. The summed E-state index contributed by atoms with van der Waals surface area (Å²) in [5.41, 5.74) is 0. The van der Waals surface area contributed by atoms with Crippen LogP contribution >= 0.6 is 0 Å². The molecule has 1 rings (SSSR count). The lowest BCUT2D eigenvalue weighted by Crippen LogP contribution is -2.41. The van der Waals surface area contributed by atoms with Crippen LogP contribution in [0.15, 0.2) is 0 Å². The highest BCUT2D eigenvalue weighted by atomic mass is 28.4. The van der Waals surface area contributed by atoms with Crippen molar-refractivity contribution in [1.29, 1.82) is 0 Å². The zero-order valence-corrected chi connectivity index (χ0v) is 5.32. The minimum Gasteiger partial charge on any atom is -0.417 e. The van der Waals surface area contributed by atoms with Crippen LogP contribution in [0.25, 0.3) is 0 Å². The zero-order chi connectivity index (χ0) is 4.62. The smallest absolute Gasteiger partial charge is 0.188 e. The highest BCUT2D eigenvalue weighted by Gasteiger charge is 2.29. The first-order valence-corrected chi connectivity index (χ1v) is 5.46. The van der Waals surface area contributed by atoms with Gasteiger partial charge in [0.05, 0.1) is 0 Å². The van der Waals surface area contributed by atoms with Gasteiger partial charge in [0.1, 0.15) is 0 Å². The average Bonchev–Trinajstić information content (AvgIpc) is 1.32. The lowest BCUT2D eigenvalue weighted by atomic mass is 10.9. The maximum absolute atomic E-state index is 5.26. The molecule has 1 aliphatic rings. The normalized spacial score (nSPS) is 29.0. The van der Waals surface area contributed by atoms with Crippen LogP contribution in [0.3, 0.4) is 0 Å². The van der Waals surface area contributed by atoms with Crippen molar-refractivity contribution < 1.29 is 4.43 Å². The molecule has 0 bridgehead atoms. The van der Waals surface area contributed by atoms with Gasteiger partial charge in [0.25, 0.3) is 0 Å². The molecule has 6 heavy (non-hydrogen) atoms. The Bertz CT molecular complexity index is 54.6. The Balaban J connectivity index is 2.31. The largest absolute Gasteiger partial charge is 0.417 e. The molecule has 2 heteroatoms. The van der Waals surface area contributed by atoms with Gasteiger partial charge in [-0.15, -0.1) is 0 Å². The molecule has 0 atom stereocenters. The SMILES string of the molecule is C[Si]1(C)CCO1. The Labute approximate surface area is 39.4 Å². The van der Waals surface area contributed by atoms with Crippen molar-refractivity contribution in [2.75, 3.05) is 6.61 Å². The number of hydrogen-bond donors (Lipinski definition) is 0. The van der Waals surface area contributed by atoms with Crippen LogP contribution in [-0.2, 0) is 4.43 Å². The summed E-state index contributed by atoms with van der Waals surface area (Å²) in [6.45, 7) is 5.52. The molecule has 0 saturated carbocycles. The van der Waals surface area contributed by atoms with Crippen molar-refractivity contribution in [1.82, 2.24) is 0 Å². The van der Waals surface area contributed by atoms with E-state index < -0.39 is 8.32 Å². The molecule has 0 spiro atoms. The third-order valence-electron chi connectivity index (χ3n) is 1.20. The Kier molecular flexibility index (Phi) is 0.776. The molecular weight excluding hydrogens is 92.1 g/mol. The van der Waals surface area contributed by atoms with Crippen molar-refractivity contribution in [2.45, 2.75) is 19.1 Å². The van der Waals surface area contributed by atoms with E-state index in [0.29, 0.717) is 0 Å². The van der Waals surface area contributed by atoms with Crippen molar-refractivity contribution in [2.24, 2.45) is 0 Å². The van der Waals surface area contributed by atoms with Gasteiger partial charge in [0.15, 0.2) is 8.32 Å². The van der Waals surface area contributed by atoms with Crippen molar-refractivity contribution >= 4 is 8.32 Å². The van der Waals surface area contributed by atoms with E-state index in [0.717, 1.165) is 6.61 Å². The first-order valence-electron chi connectivity index (χ1n) is 2.35. The number of hydrogen-bond acceptors (Lipinski definition) is 1. The third kappa shape index (κ3) is 0.630. The van der Waals surface area contributed by atoms with Crippen molar-refractivity contribution in [3.63, 3.8) is 0 Å². The van der Waals surface area contributed by atoms with Crippen molar-refractivity contribution in [3.05, 3.63) is 0 Å². The average molecular weight is 102 g/mol. The van der Waals surface area contributed by atoms with Gasteiger partial charge < -0.3 is 4.43 Å². The summed E-state index contributed by atoms with van der Waals surface area (Å²) in [4.78, 5) is 0. The summed E-state index contributed by atoms with van der Waals surface area (Å²) < 4.78 is 5.26. The van der Waals surface area contributed by atoms with E-state index in [4.69, 9.17) is 4.43 Å². The fourth-order valence-electron chi connectivity index (χ4n) is 0.510. The summed E-state index contributed by atoms with van der Waals surface area (Å²) in [6, 6.07) is 1.37. The van der Waals surface area contributed by atoms with Crippen LogP contribution in [0.4, 0.5) is 0 Å². The van der Waals surface area contributed by atoms with Crippen LogP contribution in [0.5, 0.6) is 0 Å². The van der Waals surface area contributed by atoms with E-state index in [1.807, 2.05) is 0 Å². The summed E-state index contributed by atoms with van der Waals surface area (Å²) in [7, 11) is -0.951. The van der Waals surface area contributed by atoms with Gasteiger partial charge in [-0.3, -0.25) is 0 Å². The maximum Gasteiger partial charge on any atom is 0.188 e. The molecule has 0 aromatic heterocycles. The number of rotatable bonds is 0. The molecule has 1 saturated heterocycles. The molecule has 0 N–H and O–H groups in total. The lowest BCUT2D eigenvalue weighted by molar-refractivity contribution is 0.262. The van der Waals surface area contributed by atoms with E-state index in [9.17, 15) is 0 Å². The molecule has 0 aromatic rings. The Morgan fingerprint density at radius 2 is 1.83 bits per heavy atom. The first kappa shape index (κ1) is 4.34. The summed E-state index contributed by atoms with van der Waals surface area (Å²) >= 11 is 0. The second-order valence-electron chi connectivity index (χ2n) is 2.36. The standard InChI is InChI=1S/C4H10OSi/c1-6(2)4-3-5-6/h3-4H2,1-2H3. The van der Waals surface area contributed by atoms with Crippen molar-refractivity contribution in [3.8, 4) is 0 Å². The van der Waals surface area contributed by atoms with E-state index >= 15 is 0 Å². The van der Waals surface area contributed by atoms with Crippen LogP contribution in [0, 0.1) is 0 Å². The molecule has 1 fully saturated rings. The van der Waals surface area contributed by atoms with Crippen LogP contribution in [0.1, 0.15) is 0 Å². The van der Waals surface area contributed by atoms with Gasteiger partial charge in [0, 0.05) is 6.61 Å². The Hall–Kier alpha value is 0.177. The first-order chi connectivity index (χ1) is 2.71. The Morgan fingerprint density at radius 3 is 1.83 bits per heavy atom. The molecule has 0 aliphatic carbocycles. The molecule has 1 heterocycles. The topological polar surface area (TPSA) is 9.23 Å². The van der Waals surface area contributed by atoms with Gasteiger partial charge in [0.2, 0.25) is 0 Å². The summed E-state index contributed by atoms with van der Waals surface area (Å²) in [5.74, 6) is 0. The van der Waals surface area contributed by atoms with Gasteiger partial charge in [-0.25, -0.2) is 0 Å². The monoisotopic (exact) mass is 102 g/mol. The van der Waals surface area contributed by atoms with E-state index in [-0.39, 0.29) is 0 Å². The van der Waals surface area contributed by atoms with Gasteiger partial charge in [-0.2, -0.15) is 0 Å². The fourth-order valence-corrected chi connectivity index (χ4v) is 1.53. The second kappa shape index (κ2) is 1.07. The Morgan fingerprint density at radius 1 is 1.50 bits per heavy atom. The molecule has 0 radical (unpaired) electrons. The highest BCUT2D eigenvalue weighted by molar-refractivity contribution is 6.73. The van der Waals surface area contributed by atoms with E-state index in [2.05, 4.69) is 13.1 Å². The minimum absolute atomic E-state index is 0.951. The third-order valence-corrected chi connectivity index (χ3v) is 3.59. The predicted molar refractivity (Wildman–Crippen MR) is 28.2 cm³/mol. The van der Waals surface area contributed by atoms with E-state index in [1.54, 1.807) is 0 Å². The zero-order valence-electron chi connectivity index (χ0n) is 4.32. The maximum atomic E-state index is 5.26. The van der Waals surface area contributed by atoms with Crippen LogP contribution in [0.2, 0.25) is 19.1 Å². The lowest BCUT2D eigenvalue weighted by Gasteiger charge is -2.32. The molecular formula is C4H10OSi. The second-order valence-corrected chi connectivity index (χ2v) is 6.67. The van der Waals surface area contributed by atoms with E-state index in [1.165, 1.54) is 6.04 Å². The molecule has 0 aromatic carbocycles. The van der Waals surface area contributed by atoms with Gasteiger partial charge in [-0.05, 0) is 19.1 Å². The predicted octanol–water partition coefficient (Wildman–Crippen LogP) is 1.22. The van der Waals surface area contributed by atoms with Crippen LogP contribution < -0.4 is 0 Å².